The van der Waals surface area contributed by atoms with Gasteiger partial charge in [-0.2, -0.15) is 5.10 Å². The Kier molecular flexibility index (Phi) is 6.61. The van der Waals surface area contributed by atoms with Gasteiger partial charge in [0.15, 0.2) is 0 Å². The van der Waals surface area contributed by atoms with Gasteiger partial charge >= 0.3 is 0 Å². The van der Waals surface area contributed by atoms with Crippen molar-refractivity contribution in [1.29, 1.82) is 0 Å². The lowest BCUT2D eigenvalue weighted by Crippen LogP contribution is -2.34. The van der Waals surface area contributed by atoms with Crippen LogP contribution in [0, 0.1) is 6.92 Å². The highest BCUT2D eigenvalue weighted by molar-refractivity contribution is 5.91. The summed E-state index contributed by atoms with van der Waals surface area (Å²) in [6.45, 7) is 6.75. The zero-order valence-electron chi connectivity index (χ0n) is 17.5. The van der Waals surface area contributed by atoms with Gasteiger partial charge in [-0.3, -0.25) is 14.4 Å². The van der Waals surface area contributed by atoms with Crippen molar-refractivity contribution < 1.29 is 9.59 Å². The first kappa shape index (κ1) is 21.2. The number of hydrogen-bond donors (Lipinski definition) is 1. The molecular formula is C23H26N4O3. The van der Waals surface area contributed by atoms with Gasteiger partial charge in [0.25, 0.3) is 5.56 Å². The van der Waals surface area contributed by atoms with Gasteiger partial charge < -0.3 is 10.2 Å². The average molecular weight is 406 g/mol. The highest BCUT2D eigenvalue weighted by Crippen LogP contribution is 2.15. The summed E-state index contributed by atoms with van der Waals surface area (Å²) in [5.41, 5.74) is 1.81. The highest BCUT2D eigenvalue weighted by atomic mass is 16.2. The number of benzene rings is 2. The van der Waals surface area contributed by atoms with Crippen molar-refractivity contribution in [3.8, 4) is 0 Å². The molecule has 1 heterocycles. The number of anilines is 1. The Labute approximate surface area is 175 Å². The van der Waals surface area contributed by atoms with Crippen LogP contribution in [0.15, 0.2) is 53.3 Å². The maximum atomic E-state index is 12.9. The fourth-order valence-corrected chi connectivity index (χ4v) is 3.43. The summed E-state index contributed by atoms with van der Waals surface area (Å²) < 4.78 is 1.14. The molecule has 0 saturated carbocycles. The van der Waals surface area contributed by atoms with Crippen molar-refractivity contribution >= 4 is 28.3 Å². The Hall–Kier alpha value is -3.48. The van der Waals surface area contributed by atoms with Gasteiger partial charge in [-0.25, -0.2) is 4.68 Å². The maximum absolute atomic E-state index is 12.9. The van der Waals surface area contributed by atoms with E-state index in [2.05, 4.69) is 10.4 Å². The van der Waals surface area contributed by atoms with E-state index in [-0.39, 0.29) is 30.3 Å². The highest BCUT2D eigenvalue weighted by Gasteiger charge is 2.17. The smallest absolute Gasteiger partial charge is 0.275 e. The molecule has 7 nitrogen and oxygen atoms in total. The lowest BCUT2D eigenvalue weighted by Gasteiger charge is -2.19. The molecule has 0 aliphatic rings. The molecule has 0 spiro atoms. The Bertz CT molecular complexity index is 1130. The topological polar surface area (TPSA) is 84.3 Å². The number of hydrogen-bond acceptors (Lipinski definition) is 4. The quantitative estimate of drug-likeness (QED) is 0.654. The van der Waals surface area contributed by atoms with Gasteiger partial charge in [0.2, 0.25) is 11.8 Å². The number of carbonyl (C=O) groups excluding carboxylic acids is 2. The summed E-state index contributed by atoms with van der Waals surface area (Å²) in [6.07, 6.45) is 0.0714. The third kappa shape index (κ3) is 4.74. The molecule has 1 N–H and O–H groups in total. The summed E-state index contributed by atoms with van der Waals surface area (Å²) in [6, 6.07) is 14.5. The van der Waals surface area contributed by atoms with Crippen LogP contribution in [0.1, 0.15) is 25.1 Å². The first-order valence-corrected chi connectivity index (χ1v) is 10.1. The molecule has 0 fully saturated rings. The SMILES string of the molecule is CCN(CC)C(=O)Cc1nn(CC(=O)Nc2cccc(C)c2)c(=O)c2ccccc12. The minimum absolute atomic E-state index is 0.0629. The van der Waals surface area contributed by atoms with Crippen molar-refractivity contribution in [3.05, 3.63) is 70.1 Å². The van der Waals surface area contributed by atoms with Crippen molar-refractivity contribution in [3.63, 3.8) is 0 Å². The molecule has 2 amide bonds. The van der Waals surface area contributed by atoms with Gasteiger partial charge in [0.05, 0.1) is 17.5 Å². The predicted molar refractivity (Wildman–Crippen MR) is 117 cm³/mol. The number of fused-ring (bicyclic) bond motifs is 1. The van der Waals surface area contributed by atoms with Crippen molar-refractivity contribution in [2.24, 2.45) is 0 Å². The van der Waals surface area contributed by atoms with Crippen LogP contribution in [0.5, 0.6) is 0 Å². The van der Waals surface area contributed by atoms with Gasteiger partial charge in [0.1, 0.15) is 6.54 Å². The average Bonchev–Trinajstić information content (AvgIpc) is 2.72. The van der Waals surface area contributed by atoms with Crippen LogP contribution in [0.25, 0.3) is 10.8 Å². The Morgan fingerprint density at radius 3 is 2.40 bits per heavy atom. The van der Waals surface area contributed by atoms with E-state index in [0.717, 1.165) is 10.2 Å². The van der Waals surface area contributed by atoms with Crippen LogP contribution >= 0.6 is 0 Å². The molecule has 0 unspecified atom stereocenters. The first-order chi connectivity index (χ1) is 14.4. The van der Waals surface area contributed by atoms with Gasteiger partial charge in [-0.05, 0) is 44.5 Å². The lowest BCUT2D eigenvalue weighted by molar-refractivity contribution is -0.130. The summed E-state index contributed by atoms with van der Waals surface area (Å²) in [4.78, 5) is 39.8. The number of nitrogens with one attached hydrogen (secondary N) is 1. The minimum atomic E-state index is -0.357. The second-order valence-electron chi connectivity index (χ2n) is 7.12. The third-order valence-electron chi connectivity index (χ3n) is 4.97. The molecule has 3 aromatic rings. The normalized spacial score (nSPS) is 10.8. The molecule has 156 valence electrons. The largest absolute Gasteiger partial charge is 0.343 e. The van der Waals surface area contributed by atoms with Crippen LogP contribution < -0.4 is 10.9 Å². The van der Waals surface area contributed by atoms with E-state index in [4.69, 9.17) is 0 Å². The second-order valence-corrected chi connectivity index (χ2v) is 7.12. The molecular weight excluding hydrogens is 380 g/mol. The Morgan fingerprint density at radius 2 is 1.73 bits per heavy atom. The van der Waals surface area contributed by atoms with Gasteiger partial charge in [-0.15, -0.1) is 0 Å². The Morgan fingerprint density at radius 1 is 1.03 bits per heavy atom. The monoisotopic (exact) mass is 406 g/mol. The lowest BCUT2D eigenvalue weighted by atomic mass is 10.1. The molecule has 3 rings (SSSR count). The molecule has 0 bridgehead atoms. The summed E-state index contributed by atoms with van der Waals surface area (Å²) in [5.74, 6) is -0.418. The summed E-state index contributed by atoms with van der Waals surface area (Å²) >= 11 is 0. The molecule has 0 aliphatic carbocycles. The number of rotatable bonds is 7. The number of aryl methyl sites for hydroxylation is 1. The zero-order valence-corrected chi connectivity index (χ0v) is 17.5. The van der Waals surface area contributed by atoms with Crippen LogP contribution in [-0.2, 0) is 22.6 Å². The molecule has 7 heteroatoms. The zero-order chi connectivity index (χ0) is 21.7. The number of likely N-dealkylation sites (N-methyl/N-ethyl adjacent to an activating group) is 1. The van der Waals surface area contributed by atoms with E-state index in [1.165, 1.54) is 0 Å². The van der Waals surface area contributed by atoms with Crippen molar-refractivity contribution in [2.45, 2.75) is 33.7 Å². The fraction of sp³-hybridized carbons (Fsp3) is 0.304. The van der Waals surface area contributed by atoms with E-state index in [9.17, 15) is 14.4 Å². The summed E-state index contributed by atoms with van der Waals surface area (Å²) in [5, 5.41) is 8.26. The predicted octanol–water partition coefficient (Wildman–Crippen LogP) is 2.75. The molecule has 1 aromatic heterocycles. The van der Waals surface area contributed by atoms with Crippen LogP contribution in [0.4, 0.5) is 5.69 Å². The Balaban J connectivity index is 1.92. The van der Waals surface area contributed by atoms with Crippen molar-refractivity contribution in [2.75, 3.05) is 18.4 Å². The van der Waals surface area contributed by atoms with Crippen LogP contribution in [0.3, 0.4) is 0 Å². The minimum Gasteiger partial charge on any atom is -0.343 e. The van der Waals surface area contributed by atoms with E-state index >= 15 is 0 Å². The number of nitrogens with zero attached hydrogens (tertiary/aromatic N) is 3. The fourth-order valence-electron chi connectivity index (χ4n) is 3.43. The number of amides is 2. The van der Waals surface area contributed by atoms with Crippen molar-refractivity contribution in [1.82, 2.24) is 14.7 Å². The first-order valence-electron chi connectivity index (χ1n) is 10.1. The van der Waals surface area contributed by atoms with Gasteiger partial charge in [-0.1, -0.05) is 30.3 Å². The van der Waals surface area contributed by atoms with E-state index in [0.29, 0.717) is 35.2 Å². The third-order valence-corrected chi connectivity index (χ3v) is 4.97. The second kappa shape index (κ2) is 9.35. The van der Waals surface area contributed by atoms with Crippen LogP contribution in [0.2, 0.25) is 0 Å². The molecule has 0 radical (unpaired) electrons. The molecule has 0 saturated heterocycles. The summed E-state index contributed by atoms with van der Waals surface area (Å²) in [7, 11) is 0. The molecule has 2 aromatic carbocycles. The van der Waals surface area contributed by atoms with Crippen LogP contribution in [-0.4, -0.2) is 39.6 Å². The van der Waals surface area contributed by atoms with E-state index in [1.807, 2.05) is 45.0 Å². The number of carbonyl (C=O) groups is 2. The molecule has 30 heavy (non-hydrogen) atoms. The van der Waals surface area contributed by atoms with Gasteiger partial charge in [0, 0.05) is 24.2 Å². The van der Waals surface area contributed by atoms with E-state index in [1.54, 1.807) is 29.2 Å². The van der Waals surface area contributed by atoms with E-state index < -0.39 is 0 Å². The standard InChI is InChI=1S/C23H26N4O3/c1-4-26(5-2)22(29)14-20-18-11-6-7-12-19(18)23(30)27(25-20)15-21(28)24-17-10-8-9-16(3)13-17/h6-13H,4-5,14-15H2,1-3H3,(H,24,28). The molecule has 0 atom stereocenters. The maximum Gasteiger partial charge on any atom is 0.275 e. The molecule has 0 aliphatic heterocycles. The number of aromatic nitrogens is 2.